The first kappa shape index (κ1) is 25.8. The molecule has 3 heterocycles. The Morgan fingerprint density at radius 2 is 1.79 bits per heavy atom. The molecule has 2 aliphatic heterocycles. The van der Waals surface area contributed by atoms with Gasteiger partial charge in [-0.2, -0.15) is 0 Å². The first-order valence-electron chi connectivity index (χ1n) is 12.9. The van der Waals surface area contributed by atoms with Gasteiger partial charge in [0.15, 0.2) is 5.69 Å². The summed E-state index contributed by atoms with van der Waals surface area (Å²) in [6.07, 6.45) is 2.17. The minimum Gasteiger partial charge on any atom is -0.464 e. The fourth-order valence-electron chi connectivity index (χ4n) is 5.39. The molecule has 0 spiro atoms. The van der Waals surface area contributed by atoms with Crippen LogP contribution in [0.3, 0.4) is 0 Å². The van der Waals surface area contributed by atoms with Crippen molar-refractivity contribution in [3.8, 4) is 0 Å². The SMILES string of the molecule is COC(=O)c1cn([C@H]2C[C@@H](C(=O)N3CCN(c4ccc(F)cc4)CC3)N(Cc3cc(C)ccc3C)C2)nn1. The Labute approximate surface area is 221 Å². The highest BCUT2D eigenvalue weighted by Gasteiger charge is 2.41. The van der Waals surface area contributed by atoms with Gasteiger partial charge in [0.2, 0.25) is 5.91 Å². The number of hydrogen-bond donors (Lipinski definition) is 0. The minimum atomic E-state index is -0.534. The summed E-state index contributed by atoms with van der Waals surface area (Å²) >= 11 is 0. The van der Waals surface area contributed by atoms with Gasteiger partial charge in [-0.15, -0.1) is 5.10 Å². The average molecular weight is 521 g/mol. The Balaban J connectivity index is 1.33. The summed E-state index contributed by atoms with van der Waals surface area (Å²) in [5.41, 5.74) is 4.68. The van der Waals surface area contributed by atoms with Gasteiger partial charge in [0.25, 0.3) is 0 Å². The highest BCUT2D eigenvalue weighted by molar-refractivity contribution is 5.86. The number of methoxy groups -OCH3 is 1. The van der Waals surface area contributed by atoms with Crippen LogP contribution in [0.15, 0.2) is 48.7 Å². The first-order valence-corrected chi connectivity index (χ1v) is 12.9. The number of ether oxygens (including phenoxy) is 1. The standard InChI is InChI=1S/C28H33FN6O3/c1-19-4-5-20(2)21(14-19)16-34-17-24(35-18-25(30-31-35)28(37)38-3)15-26(34)27(36)33-12-10-32(11-13-33)23-8-6-22(29)7-9-23/h4-9,14,18,24,26H,10-13,15-17H2,1-3H3/t24-,26-/m0/s1. The lowest BCUT2D eigenvalue weighted by Crippen LogP contribution is -2.53. The number of aromatic nitrogens is 3. The normalized spacial score (nSPS) is 20.1. The summed E-state index contributed by atoms with van der Waals surface area (Å²) in [6.45, 7) is 8.01. The van der Waals surface area contributed by atoms with Gasteiger partial charge in [-0.25, -0.2) is 13.9 Å². The van der Waals surface area contributed by atoms with E-state index in [0.717, 1.165) is 5.69 Å². The predicted molar refractivity (Wildman–Crippen MR) is 140 cm³/mol. The quantitative estimate of drug-likeness (QED) is 0.462. The van der Waals surface area contributed by atoms with Crippen molar-refractivity contribution in [1.29, 1.82) is 0 Å². The summed E-state index contributed by atoms with van der Waals surface area (Å²) in [5.74, 6) is -0.689. The minimum absolute atomic E-state index is 0.0968. The van der Waals surface area contributed by atoms with Gasteiger partial charge in [0.05, 0.1) is 25.4 Å². The molecule has 200 valence electrons. The fourth-order valence-corrected chi connectivity index (χ4v) is 5.39. The second kappa shape index (κ2) is 10.9. The monoisotopic (exact) mass is 520 g/mol. The zero-order valence-corrected chi connectivity index (χ0v) is 22.0. The van der Waals surface area contributed by atoms with Gasteiger partial charge in [-0.3, -0.25) is 9.69 Å². The Bertz CT molecular complexity index is 1300. The second-order valence-corrected chi connectivity index (χ2v) is 10.1. The number of aryl methyl sites for hydroxylation is 2. The number of rotatable bonds is 6. The fraction of sp³-hybridized carbons (Fsp3) is 0.429. The van der Waals surface area contributed by atoms with Crippen molar-refractivity contribution < 1.29 is 18.7 Å². The molecule has 0 bridgehead atoms. The van der Waals surface area contributed by atoms with Gasteiger partial charge < -0.3 is 14.5 Å². The lowest BCUT2D eigenvalue weighted by molar-refractivity contribution is -0.136. The van der Waals surface area contributed by atoms with Crippen LogP contribution in [0.2, 0.25) is 0 Å². The van der Waals surface area contributed by atoms with Crippen molar-refractivity contribution in [1.82, 2.24) is 24.8 Å². The molecule has 1 aromatic heterocycles. The van der Waals surface area contributed by atoms with Crippen LogP contribution in [0, 0.1) is 19.7 Å². The summed E-state index contributed by atoms with van der Waals surface area (Å²) in [6, 6.07) is 12.5. The summed E-state index contributed by atoms with van der Waals surface area (Å²) < 4.78 is 19.8. The van der Waals surface area contributed by atoms with Crippen LogP contribution in [-0.2, 0) is 16.1 Å². The maximum Gasteiger partial charge on any atom is 0.360 e. The van der Waals surface area contributed by atoms with Crippen LogP contribution in [0.25, 0.3) is 0 Å². The van der Waals surface area contributed by atoms with Crippen LogP contribution in [0.1, 0.15) is 39.6 Å². The van der Waals surface area contributed by atoms with Crippen LogP contribution >= 0.6 is 0 Å². The highest BCUT2D eigenvalue weighted by atomic mass is 19.1. The van der Waals surface area contributed by atoms with E-state index in [1.165, 1.54) is 35.9 Å². The zero-order chi connectivity index (χ0) is 26.8. The Morgan fingerprint density at radius 1 is 1.05 bits per heavy atom. The number of hydrogen-bond acceptors (Lipinski definition) is 7. The molecule has 0 N–H and O–H groups in total. The third kappa shape index (κ3) is 5.40. The summed E-state index contributed by atoms with van der Waals surface area (Å²) in [4.78, 5) is 32.1. The third-order valence-corrected chi connectivity index (χ3v) is 7.61. The number of anilines is 1. The molecule has 0 radical (unpaired) electrons. The van der Waals surface area contributed by atoms with Gasteiger partial charge in [0, 0.05) is 45.0 Å². The average Bonchev–Trinajstić information content (AvgIpc) is 3.58. The van der Waals surface area contributed by atoms with E-state index in [-0.39, 0.29) is 29.5 Å². The lowest BCUT2D eigenvalue weighted by Gasteiger charge is -2.38. The molecule has 2 aliphatic rings. The second-order valence-electron chi connectivity index (χ2n) is 10.1. The number of likely N-dealkylation sites (tertiary alicyclic amines) is 1. The number of carbonyl (C=O) groups is 2. The van der Waals surface area contributed by atoms with Crippen molar-refractivity contribution in [2.45, 2.75) is 38.9 Å². The Morgan fingerprint density at radius 3 is 2.50 bits per heavy atom. The van der Waals surface area contributed by atoms with Crippen LogP contribution in [0.5, 0.6) is 0 Å². The smallest absolute Gasteiger partial charge is 0.360 e. The van der Waals surface area contributed by atoms with Crippen LogP contribution < -0.4 is 4.90 Å². The molecule has 0 aliphatic carbocycles. The van der Waals surface area contributed by atoms with Crippen molar-refractivity contribution in [2.75, 3.05) is 44.7 Å². The molecule has 1 amide bonds. The number of piperazine rings is 1. The molecule has 9 nitrogen and oxygen atoms in total. The number of benzene rings is 2. The van der Waals surface area contributed by atoms with Crippen molar-refractivity contribution in [3.05, 3.63) is 76.9 Å². The molecule has 2 saturated heterocycles. The molecule has 2 aromatic carbocycles. The number of amides is 1. The van der Waals surface area contributed by atoms with E-state index in [4.69, 9.17) is 4.74 Å². The van der Waals surface area contributed by atoms with E-state index < -0.39 is 5.97 Å². The van der Waals surface area contributed by atoms with Crippen molar-refractivity contribution in [2.24, 2.45) is 0 Å². The van der Waals surface area contributed by atoms with Crippen molar-refractivity contribution >= 4 is 17.6 Å². The van der Waals surface area contributed by atoms with Crippen LogP contribution in [0.4, 0.5) is 10.1 Å². The molecule has 10 heteroatoms. The highest BCUT2D eigenvalue weighted by Crippen LogP contribution is 2.31. The maximum absolute atomic E-state index is 13.9. The first-order chi connectivity index (χ1) is 18.3. The Kier molecular flexibility index (Phi) is 7.42. The molecular formula is C28H33FN6O3. The maximum atomic E-state index is 13.9. The third-order valence-electron chi connectivity index (χ3n) is 7.61. The number of nitrogens with zero attached hydrogens (tertiary/aromatic N) is 6. The van der Waals surface area contributed by atoms with E-state index in [9.17, 15) is 14.0 Å². The summed E-state index contributed by atoms with van der Waals surface area (Å²) in [5, 5.41) is 8.14. The number of esters is 1. The van der Waals surface area contributed by atoms with Gasteiger partial charge in [0.1, 0.15) is 5.82 Å². The van der Waals surface area contributed by atoms with E-state index >= 15 is 0 Å². The van der Waals surface area contributed by atoms with E-state index in [1.807, 2.05) is 4.90 Å². The number of halogens is 1. The molecule has 5 rings (SSSR count). The van der Waals surface area contributed by atoms with Crippen LogP contribution in [-0.4, -0.2) is 82.5 Å². The zero-order valence-electron chi connectivity index (χ0n) is 22.0. The Hall–Kier alpha value is -3.79. The van der Waals surface area contributed by atoms with Gasteiger partial charge in [-0.05, 0) is 55.7 Å². The lowest BCUT2D eigenvalue weighted by atomic mass is 10.0. The molecule has 38 heavy (non-hydrogen) atoms. The van der Waals surface area contributed by atoms with E-state index in [2.05, 4.69) is 52.2 Å². The molecule has 3 aromatic rings. The van der Waals surface area contributed by atoms with Crippen molar-refractivity contribution in [3.63, 3.8) is 0 Å². The molecule has 0 unspecified atom stereocenters. The van der Waals surface area contributed by atoms with Gasteiger partial charge in [-0.1, -0.05) is 29.0 Å². The summed E-state index contributed by atoms with van der Waals surface area (Å²) in [7, 11) is 1.31. The molecule has 2 fully saturated rings. The molecular weight excluding hydrogens is 487 g/mol. The van der Waals surface area contributed by atoms with Gasteiger partial charge >= 0.3 is 5.97 Å². The topological polar surface area (TPSA) is 83.8 Å². The predicted octanol–water partition coefficient (Wildman–Crippen LogP) is 2.99. The number of carbonyl (C=O) groups excluding carboxylic acids is 2. The molecule has 0 saturated carbocycles. The van der Waals surface area contributed by atoms with E-state index in [0.29, 0.717) is 45.7 Å². The largest absolute Gasteiger partial charge is 0.464 e. The molecule has 2 atom stereocenters. The van der Waals surface area contributed by atoms with E-state index in [1.54, 1.807) is 23.0 Å².